The van der Waals surface area contributed by atoms with E-state index in [2.05, 4.69) is 61.3 Å². The normalized spacial score (nSPS) is 14.3. The van der Waals surface area contributed by atoms with E-state index in [9.17, 15) is 0 Å². The molecule has 1 fully saturated rings. The van der Waals surface area contributed by atoms with Gasteiger partial charge in [0.05, 0.1) is 12.8 Å². The van der Waals surface area contributed by atoms with Gasteiger partial charge in [-0.15, -0.1) is 0 Å². The number of benzene rings is 1. The van der Waals surface area contributed by atoms with Gasteiger partial charge in [-0.2, -0.15) is 0 Å². The first-order chi connectivity index (χ1) is 15.6. The van der Waals surface area contributed by atoms with Crippen LogP contribution in [0.25, 0.3) is 0 Å². The second kappa shape index (κ2) is 12.5. The van der Waals surface area contributed by atoms with E-state index < -0.39 is 0 Å². The number of hydrogen-bond acceptors (Lipinski definition) is 7. The third-order valence-corrected chi connectivity index (χ3v) is 5.83. The van der Waals surface area contributed by atoms with E-state index >= 15 is 0 Å². The largest absolute Gasteiger partial charge is 0.380 e. The molecule has 0 bridgehead atoms. The van der Waals surface area contributed by atoms with Gasteiger partial charge in [-0.05, 0) is 57.3 Å². The summed E-state index contributed by atoms with van der Waals surface area (Å²) in [5.41, 5.74) is 2.96. The summed E-state index contributed by atoms with van der Waals surface area (Å²) < 4.78 is 5.48. The molecule has 0 atom stereocenters. The van der Waals surface area contributed by atoms with E-state index in [1.165, 1.54) is 5.69 Å². The Morgan fingerprint density at radius 3 is 2.44 bits per heavy atom. The molecule has 1 aromatic heterocycles. The molecule has 0 amide bonds. The van der Waals surface area contributed by atoms with Crippen LogP contribution in [-0.4, -0.2) is 79.0 Å². The van der Waals surface area contributed by atoms with Crippen LogP contribution in [0, 0.1) is 0 Å². The van der Waals surface area contributed by atoms with E-state index in [-0.39, 0.29) is 0 Å². The van der Waals surface area contributed by atoms with Gasteiger partial charge < -0.3 is 25.2 Å². The minimum atomic E-state index is 0.520. The second-order valence-electron chi connectivity index (χ2n) is 7.58. The topological polar surface area (TPSA) is 68.8 Å². The van der Waals surface area contributed by atoms with Crippen molar-refractivity contribution in [1.82, 2.24) is 14.9 Å². The Hall–Kier alpha value is -2.49. The summed E-state index contributed by atoms with van der Waals surface area (Å²) in [5, 5.41) is 7.06. The predicted molar refractivity (Wildman–Crippen MR) is 137 cm³/mol. The number of aromatic nitrogens is 2. The van der Waals surface area contributed by atoms with Gasteiger partial charge in [0.15, 0.2) is 10.9 Å². The molecule has 1 aromatic carbocycles. The molecule has 1 saturated heterocycles. The predicted octanol–water partition coefficient (Wildman–Crippen LogP) is 3.29. The van der Waals surface area contributed by atoms with Crippen LogP contribution >= 0.6 is 12.2 Å². The Morgan fingerprint density at radius 1 is 1.06 bits per heavy atom. The van der Waals surface area contributed by atoms with Crippen molar-refractivity contribution >= 4 is 40.2 Å². The van der Waals surface area contributed by atoms with Crippen LogP contribution in [0.5, 0.6) is 0 Å². The van der Waals surface area contributed by atoms with Gasteiger partial charge in [0, 0.05) is 63.8 Å². The highest BCUT2D eigenvalue weighted by atomic mass is 32.1. The molecule has 2 aromatic rings. The molecular weight excluding hydrogens is 422 g/mol. The van der Waals surface area contributed by atoms with Crippen LogP contribution in [0.2, 0.25) is 0 Å². The Kier molecular flexibility index (Phi) is 9.45. The van der Waals surface area contributed by atoms with Crippen molar-refractivity contribution in [2.24, 2.45) is 0 Å². The zero-order valence-corrected chi connectivity index (χ0v) is 20.2. The maximum Gasteiger partial charge on any atom is 0.175 e. The molecule has 2 N–H and O–H groups in total. The lowest BCUT2D eigenvalue weighted by atomic mass is 10.2. The SMILES string of the molecule is CCOCCN1CCN(c2ncncc2NC(=S)Nc2ccc(N(CC)CC)cc2)CC1. The van der Waals surface area contributed by atoms with Crippen LogP contribution in [0.4, 0.5) is 22.9 Å². The Labute approximate surface area is 197 Å². The van der Waals surface area contributed by atoms with Crippen LogP contribution in [0.3, 0.4) is 0 Å². The minimum absolute atomic E-state index is 0.520. The fourth-order valence-corrected chi connectivity index (χ4v) is 4.04. The van der Waals surface area contributed by atoms with Gasteiger partial charge in [0.25, 0.3) is 0 Å². The fraction of sp³-hybridized carbons (Fsp3) is 0.522. The molecule has 0 aliphatic carbocycles. The molecule has 32 heavy (non-hydrogen) atoms. The van der Waals surface area contributed by atoms with Crippen LogP contribution in [-0.2, 0) is 4.74 Å². The zero-order valence-electron chi connectivity index (χ0n) is 19.4. The van der Waals surface area contributed by atoms with E-state index in [4.69, 9.17) is 17.0 Å². The molecule has 1 aliphatic rings. The third kappa shape index (κ3) is 6.75. The number of nitrogens with one attached hydrogen (secondary N) is 2. The van der Waals surface area contributed by atoms with Crippen molar-refractivity contribution in [3.05, 3.63) is 36.8 Å². The molecule has 174 valence electrons. The summed E-state index contributed by atoms with van der Waals surface area (Å²) in [5.74, 6) is 0.880. The summed E-state index contributed by atoms with van der Waals surface area (Å²) in [4.78, 5) is 15.7. The fourth-order valence-electron chi connectivity index (χ4n) is 3.81. The standard InChI is InChI=1S/C23H35N7OS/c1-4-29(5-2)20-9-7-19(8-10-20)26-23(32)27-21-17-24-18-25-22(21)30-13-11-28(12-14-30)15-16-31-6-3/h7-10,17-18H,4-6,11-16H2,1-3H3,(H2,26,27,32). The molecule has 1 aliphatic heterocycles. The quantitative estimate of drug-likeness (QED) is 0.413. The minimum Gasteiger partial charge on any atom is -0.380 e. The number of anilines is 4. The number of piperazine rings is 1. The van der Waals surface area contributed by atoms with Crippen molar-refractivity contribution in [3.63, 3.8) is 0 Å². The first-order valence-corrected chi connectivity index (χ1v) is 11.8. The lowest BCUT2D eigenvalue weighted by Gasteiger charge is -2.36. The smallest absolute Gasteiger partial charge is 0.175 e. The molecule has 3 rings (SSSR count). The van der Waals surface area contributed by atoms with E-state index in [0.29, 0.717) is 5.11 Å². The number of hydrogen-bond donors (Lipinski definition) is 2. The highest BCUT2D eigenvalue weighted by molar-refractivity contribution is 7.80. The lowest BCUT2D eigenvalue weighted by Crippen LogP contribution is -2.47. The van der Waals surface area contributed by atoms with Gasteiger partial charge in [-0.25, -0.2) is 9.97 Å². The molecule has 2 heterocycles. The van der Waals surface area contributed by atoms with Crippen molar-refractivity contribution in [3.8, 4) is 0 Å². The van der Waals surface area contributed by atoms with Crippen molar-refractivity contribution in [2.45, 2.75) is 20.8 Å². The Balaban J connectivity index is 1.56. The summed E-state index contributed by atoms with van der Waals surface area (Å²) >= 11 is 5.56. The number of thiocarbonyl (C=S) groups is 1. The van der Waals surface area contributed by atoms with Crippen molar-refractivity contribution in [1.29, 1.82) is 0 Å². The average molecular weight is 458 g/mol. The molecular formula is C23H35N7OS. The Bertz CT molecular complexity index is 836. The van der Waals surface area contributed by atoms with Gasteiger partial charge in [-0.1, -0.05) is 0 Å². The van der Waals surface area contributed by atoms with Crippen molar-refractivity contribution in [2.75, 3.05) is 79.5 Å². The number of rotatable bonds is 10. The first-order valence-electron chi connectivity index (χ1n) is 11.4. The number of nitrogens with zero attached hydrogens (tertiary/aromatic N) is 5. The van der Waals surface area contributed by atoms with Crippen LogP contribution in [0.15, 0.2) is 36.8 Å². The van der Waals surface area contributed by atoms with Gasteiger partial charge in [0.1, 0.15) is 12.0 Å². The highest BCUT2D eigenvalue weighted by Crippen LogP contribution is 2.24. The first kappa shape index (κ1) is 24.2. The van der Waals surface area contributed by atoms with E-state index in [1.54, 1.807) is 12.5 Å². The van der Waals surface area contributed by atoms with Crippen molar-refractivity contribution < 1.29 is 4.74 Å². The maximum absolute atomic E-state index is 5.56. The molecule has 0 radical (unpaired) electrons. The zero-order chi connectivity index (χ0) is 22.8. The van der Waals surface area contributed by atoms with Crippen LogP contribution < -0.4 is 20.4 Å². The molecule has 0 spiro atoms. The van der Waals surface area contributed by atoms with Gasteiger partial charge in [-0.3, -0.25) is 4.90 Å². The van der Waals surface area contributed by atoms with Gasteiger partial charge in [0.2, 0.25) is 0 Å². The average Bonchev–Trinajstić information content (AvgIpc) is 2.82. The molecule has 0 saturated carbocycles. The number of ether oxygens (including phenoxy) is 1. The monoisotopic (exact) mass is 457 g/mol. The molecule has 8 nitrogen and oxygen atoms in total. The van der Waals surface area contributed by atoms with Crippen LogP contribution in [0.1, 0.15) is 20.8 Å². The maximum atomic E-state index is 5.56. The van der Waals surface area contributed by atoms with E-state index in [1.807, 2.05) is 19.1 Å². The highest BCUT2D eigenvalue weighted by Gasteiger charge is 2.20. The van der Waals surface area contributed by atoms with Gasteiger partial charge >= 0.3 is 0 Å². The summed E-state index contributed by atoms with van der Waals surface area (Å²) in [6.45, 7) is 14.6. The third-order valence-electron chi connectivity index (χ3n) is 5.62. The molecule has 9 heteroatoms. The van der Waals surface area contributed by atoms with E-state index in [0.717, 1.165) is 76.2 Å². The Morgan fingerprint density at radius 2 is 1.78 bits per heavy atom. The summed E-state index contributed by atoms with van der Waals surface area (Å²) in [6.07, 6.45) is 3.37. The second-order valence-corrected chi connectivity index (χ2v) is 7.99. The summed E-state index contributed by atoms with van der Waals surface area (Å²) in [7, 11) is 0. The lowest BCUT2D eigenvalue weighted by molar-refractivity contribution is 0.111. The summed E-state index contributed by atoms with van der Waals surface area (Å²) in [6, 6.07) is 8.32. The molecule has 0 unspecified atom stereocenters.